The molecule has 0 radical (unpaired) electrons. The minimum absolute atomic E-state index is 0.609. The number of nitrogens with one attached hydrogen (secondary N) is 1. The molecule has 0 amide bonds. The van der Waals surface area contributed by atoms with Gasteiger partial charge in [0.15, 0.2) is 0 Å². The molecule has 0 saturated carbocycles. The molecule has 0 aromatic heterocycles. The van der Waals surface area contributed by atoms with E-state index in [-0.39, 0.29) is 0 Å². The molecule has 1 atom stereocenters. The quantitative estimate of drug-likeness (QED) is 0.760. The maximum absolute atomic E-state index is 10.4. The number of hydrogen-bond donors (Lipinski definition) is 2. The van der Waals surface area contributed by atoms with Gasteiger partial charge in [-0.15, -0.1) is 0 Å². The van der Waals surface area contributed by atoms with Crippen LogP contribution in [-0.2, 0) is 4.79 Å². The fourth-order valence-corrected chi connectivity index (χ4v) is 1.99. The van der Waals surface area contributed by atoms with Crippen LogP contribution in [-0.4, -0.2) is 24.2 Å². The fourth-order valence-electron chi connectivity index (χ4n) is 1.99. The van der Waals surface area contributed by atoms with Crippen LogP contribution in [0.25, 0.3) is 6.08 Å². The van der Waals surface area contributed by atoms with Gasteiger partial charge in [-0.05, 0) is 36.1 Å². The third kappa shape index (κ3) is 2.70. The van der Waals surface area contributed by atoms with Crippen LogP contribution in [0.5, 0.6) is 0 Å². The van der Waals surface area contributed by atoms with Crippen molar-refractivity contribution in [3.05, 3.63) is 41.5 Å². The first-order chi connectivity index (χ1) is 7.75. The smallest absolute Gasteiger partial charge is 0.328 e. The molecule has 0 bridgehead atoms. The summed E-state index contributed by atoms with van der Waals surface area (Å²) in [5, 5.41) is 11.8. The van der Waals surface area contributed by atoms with Crippen LogP contribution >= 0.6 is 0 Å². The lowest BCUT2D eigenvalue weighted by molar-refractivity contribution is -0.131. The minimum Gasteiger partial charge on any atom is -0.478 e. The zero-order valence-electron chi connectivity index (χ0n) is 9.02. The molecule has 2 N–H and O–H groups in total. The van der Waals surface area contributed by atoms with E-state index < -0.39 is 5.97 Å². The average Bonchev–Trinajstić information content (AvgIpc) is 2.80. The molecule has 1 aromatic rings. The normalized spacial score (nSPS) is 20.4. The molecule has 1 heterocycles. The van der Waals surface area contributed by atoms with Crippen molar-refractivity contribution < 1.29 is 9.90 Å². The van der Waals surface area contributed by atoms with Gasteiger partial charge in [-0.1, -0.05) is 24.3 Å². The first-order valence-corrected chi connectivity index (χ1v) is 5.47. The number of hydrogen-bond acceptors (Lipinski definition) is 2. The zero-order valence-corrected chi connectivity index (χ0v) is 9.02. The number of benzene rings is 1. The molecule has 1 fully saturated rings. The van der Waals surface area contributed by atoms with E-state index in [9.17, 15) is 4.79 Å². The molecule has 1 aliphatic heterocycles. The fraction of sp³-hybridized carbons (Fsp3) is 0.308. The summed E-state index contributed by atoms with van der Waals surface area (Å²) in [5.41, 5.74) is 2.26. The van der Waals surface area contributed by atoms with Gasteiger partial charge in [0, 0.05) is 12.6 Å². The Hall–Kier alpha value is -1.61. The highest BCUT2D eigenvalue weighted by Crippen LogP contribution is 2.22. The number of aliphatic carboxylic acids is 1. The van der Waals surface area contributed by atoms with Gasteiger partial charge < -0.3 is 10.4 Å². The largest absolute Gasteiger partial charge is 0.478 e. The van der Waals surface area contributed by atoms with Crippen LogP contribution in [0.15, 0.2) is 30.3 Å². The van der Waals surface area contributed by atoms with E-state index in [2.05, 4.69) is 17.4 Å². The Labute approximate surface area is 94.8 Å². The summed E-state index contributed by atoms with van der Waals surface area (Å²) in [7, 11) is 0. The van der Waals surface area contributed by atoms with Crippen molar-refractivity contribution in [3.63, 3.8) is 0 Å². The highest BCUT2D eigenvalue weighted by Gasteiger charge is 2.15. The Kier molecular flexibility index (Phi) is 3.37. The van der Waals surface area contributed by atoms with E-state index in [0.717, 1.165) is 24.7 Å². The molecule has 3 nitrogen and oxygen atoms in total. The lowest BCUT2D eigenvalue weighted by atomic mass is 9.97. The summed E-state index contributed by atoms with van der Waals surface area (Å²) in [6, 6.07) is 8.10. The summed E-state index contributed by atoms with van der Waals surface area (Å²) < 4.78 is 0. The zero-order chi connectivity index (χ0) is 11.4. The molecule has 2 rings (SSSR count). The molecule has 1 unspecified atom stereocenters. The molecule has 0 spiro atoms. The van der Waals surface area contributed by atoms with Crippen molar-refractivity contribution in [3.8, 4) is 0 Å². The third-order valence-electron chi connectivity index (χ3n) is 2.89. The molecular weight excluding hydrogens is 202 g/mol. The summed E-state index contributed by atoms with van der Waals surface area (Å²) in [6.07, 6.45) is 3.95. The predicted octanol–water partition coefficient (Wildman–Crippen LogP) is 1.86. The van der Waals surface area contributed by atoms with Gasteiger partial charge in [0.25, 0.3) is 0 Å². The average molecular weight is 217 g/mol. The van der Waals surface area contributed by atoms with E-state index in [0.29, 0.717) is 5.92 Å². The number of carbonyl (C=O) groups is 1. The highest BCUT2D eigenvalue weighted by molar-refractivity contribution is 5.85. The summed E-state index contributed by atoms with van der Waals surface area (Å²) in [5.74, 6) is -0.304. The van der Waals surface area contributed by atoms with Crippen LogP contribution in [0.2, 0.25) is 0 Å². The predicted molar refractivity (Wildman–Crippen MR) is 63.3 cm³/mol. The molecular formula is C13H15NO2. The molecule has 84 valence electrons. The van der Waals surface area contributed by atoms with E-state index in [1.807, 2.05) is 12.1 Å². The van der Waals surface area contributed by atoms with Crippen molar-refractivity contribution in [2.24, 2.45) is 0 Å². The third-order valence-corrected chi connectivity index (χ3v) is 2.89. The van der Waals surface area contributed by atoms with E-state index >= 15 is 0 Å². The molecule has 16 heavy (non-hydrogen) atoms. The topological polar surface area (TPSA) is 49.3 Å². The van der Waals surface area contributed by atoms with Gasteiger partial charge >= 0.3 is 5.97 Å². The Bertz CT molecular complexity index is 389. The molecule has 0 aliphatic carbocycles. The Morgan fingerprint density at radius 2 is 2.12 bits per heavy atom. The lowest BCUT2D eigenvalue weighted by Crippen LogP contribution is -2.07. The number of carboxylic acid groups (broad SMARTS) is 1. The van der Waals surface area contributed by atoms with Crippen molar-refractivity contribution >= 4 is 12.0 Å². The first-order valence-electron chi connectivity index (χ1n) is 5.47. The first kappa shape index (κ1) is 10.9. The van der Waals surface area contributed by atoms with Gasteiger partial charge in [0.2, 0.25) is 0 Å². The van der Waals surface area contributed by atoms with Gasteiger partial charge in [-0.25, -0.2) is 4.79 Å². The van der Waals surface area contributed by atoms with Crippen LogP contribution in [0, 0.1) is 0 Å². The standard InChI is InChI=1S/C13H15NO2/c15-13(16)6-3-10-1-4-11(5-2-10)12-7-8-14-9-12/h1-6,12,14H,7-9H2,(H,15,16)/b6-3+. The Morgan fingerprint density at radius 3 is 2.69 bits per heavy atom. The van der Waals surface area contributed by atoms with Crippen molar-refractivity contribution in [2.75, 3.05) is 13.1 Å². The summed E-state index contributed by atoms with van der Waals surface area (Å²) >= 11 is 0. The van der Waals surface area contributed by atoms with Gasteiger partial charge in [0.05, 0.1) is 0 Å². The van der Waals surface area contributed by atoms with E-state index in [1.165, 1.54) is 12.0 Å². The summed E-state index contributed by atoms with van der Waals surface area (Å²) in [4.78, 5) is 10.4. The molecule has 1 aromatic carbocycles. The van der Waals surface area contributed by atoms with E-state index in [1.54, 1.807) is 6.08 Å². The molecule has 1 aliphatic rings. The van der Waals surface area contributed by atoms with Crippen LogP contribution in [0.4, 0.5) is 0 Å². The minimum atomic E-state index is -0.913. The maximum Gasteiger partial charge on any atom is 0.328 e. The van der Waals surface area contributed by atoms with Gasteiger partial charge in [0.1, 0.15) is 0 Å². The second-order valence-corrected chi connectivity index (χ2v) is 4.03. The second kappa shape index (κ2) is 4.94. The molecule has 3 heteroatoms. The Morgan fingerprint density at radius 1 is 1.38 bits per heavy atom. The monoisotopic (exact) mass is 217 g/mol. The molecule has 1 saturated heterocycles. The lowest BCUT2D eigenvalue weighted by Gasteiger charge is -2.08. The summed E-state index contributed by atoms with van der Waals surface area (Å²) in [6.45, 7) is 2.13. The van der Waals surface area contributed by atoms with Crippen molar-refractivity contribution in [1.29, 1.82) is 0 Å². The number of carboxylic acids is 1. The number of rotatable bonds is 3. The van der Waals surface area contributed by atoms with Gasteiger partial charge in [-0.3, -0.25) is 0 Å². The van der Waals surface area contributed by atoms with E-state index in [4.69, 9.17) is 5.11 Å². The second-order valence-electron chi connectivity index (χ2n) is 4.03. The van der Waals surface area contributed by atoms with Crippen LogP contribution in [0.3, 0.4) is 0 Å². The van der Waals surface area contributed by atoms with Crippen molar-refractivity contribution in [1.82, 2.24) is 5.32 Å². The highest BCUT2D eigenvalue weighted by atomic mass is 16.4. The van der Waals surface area contributed by atoms with Crippen molar-refractivity contribution in [2.45, 2.75) is 12.3 Å². The van der Waals surface area contributed by atoms with Crippen LogP contribution in [0.1, 0.15) is 23.5 Å². The maximum atomic E-state index is 10.4. The Balaban J connectivity index is 2.06. The van der Waals surface area contributed by atoms with Crippen LogP contribution < -0.4 is 5.32 Å². The SMILES string of the molecule is O=C(O)/C=C/c1ccc(C2CCNC2)cc1. The van der Waals surface area contributed by atoms with Gasteiger partial charge in [-0.2, -0.15) is 0 Å².